The van der Waals surface area contributed by atoms with Crippen LogP contribution in [0.1, 0.15) is 24.4 Å². The number of nitrogens with one attached hydrogen (secondary N) is 1. The Kier molecular flexibility index (Phi) is 9.31. The topological polar surface area (TPSA) is 33.7 Å². The molecular weight excluding hydrogens is 354 g/mol. The molecule has 2 fully saturated rings. The first-order chi connectivity index (χ1) is 10.8. The van der Waals surface area contributed by atoms with Crippen molar-refractivity contribution < 1.29 is 13.9 Å². The van der Waals surface area contributed by atoms with Crippen LogP contribution in [-0.2, 0) is 4.74 Å². The lowest BCUT2D eigenvalue weighted by atomic mass is 9.85. The number of methoxy groups -OCH3 is 1. The van der Waals surface area contributed by atoms with Crippen LogP contribution in [0.3, 0.4) is 0 Å². The van der Waals surface area contributed by atoms with E-state index in [1.807, 2.05) is 12.1 Å². The standard InChI is InChI=1S/C17H25FN2O2.2ClH/c1-21-15-4-2-3-14(16(15)18)17(13-5-11-22-12-6-13)20-9-7-19-8-10-20;;/h2-4,13,17,19H,5-12H2,1H3;2*1H/t17-;;/m1../s1. The van der Waals surface area contributed by atoms with Crippen LogP contribution in [0.15, 0.2) is 18.2 Å². The molecule has 0 aliphatic carbocycles. The fourth-order valence-corrected chi connectivity index (χ4v) is 3.65. The molecule has 0 amide bonds. The fraction of sp³-hybridized carbons (Fsp3) is 0.647. The smallest absolute Gasteiger partial charge is 0.169 e. The van der Waals surface area contributed by atoms with Crippen molar-refractivity contribution in [3.63, 3.8) is 0 Å². The normalized spacial score (nSPS) is 20.6. The molecule has 0 unspecified atom stereocenters. The minimum absolute atomic E-state index is 0. The van der Waals surface area contributed by atoms with Gasteiger partial charge in [0.1, 0.15) is 0 Å². The van der Waals surface area contributed by atoms with Gasteiger partial charge in [0.25, 0.3) is 0 Å². The molecule has 1 aromatic carbocycles. The third-order valence-electron chi connectivity index (χ3n) is 4.79. The van der Waals surface area contributed by atoms with Gasteiger partial charge in [-0.1, -0.05) is 12.1 Å². The number of halogens is 3. The van der Waals surface area contributed by atoms with E-state index in [2.05, 4.69) is 10.2 Å². The second-order valence-electron chi connectivity index (χ2n) is 6.04. The van der Waals surface area contributed by atoms with Gasteiger partial charge in [0.05, 0.1) is 7.11 Å². The Morgan fingerprint density at radius 1 is 1.21 bits per heavy atom. The van der Waals surface area contributed by atoms with Gasteiger partial charge in [-0.15, -0.1) is 24.8 Å². The Bertz CT molecular complexity index is 477. The Balaban J connectivity index is 0.00000144. The molecule has 4 nitrogen and oxygen atoms in total. The van der Waals surface area contributed by atoms with Gasteiger partial charge in [0.15, 0.2) is 11.6 Å². The number of hydrogen-bond donors (Lipinski definition) is 1. The van der Waals surface area contributed by atoms with Crippen molar-refractivity contribution in [2.45, 2.75) is 18.9 Å². The van der Waals surface area contributed by atoms with Crippen molar-refractivity contribution >= 4 is 24.8 Å². The monoisotopic (exact) mass is 380 g/mol. The molecule has 24 heavy (non-hydrogen) atoms. The minimum atomic E-state index is -0.208. The van der Waals surface area contributed by atoms with E-state index in [0.717, 1.165) is 57.8 Å². The predicted octanol–water partition coefficient (Wildman–Crippen LogP) is 3.05. The first kappa shape index (κ1) is 21.5. The summed E-state index contributed by atoms with van der Waals surface area (Å²) in [6, 6.07) is 5.62. The van der Waals surface area contributed by atoms with Crippen LogP contribution in [0, 0.1) is 11.7 Å². The molecule has 2 aliphatic rings. The van der Waals surface area contributed by atoms with E-state index in [4.69, 9.17) is 9.47 Å². The average molecular weight is 381 g/mol. The first-order valence-corrected chi connectivity index (χ1v) is 8.16. The Labute approximate surface area is 155 Å². The predicted molar refractivity (Wildman–Crippen MR) is 98.2 cm³/mol. The molecule has 1 aromatic rings. The van der Waals surface area contributed by atoms with E-state index in [1.165, 1.54) is 7.11 Å². The Morgan fingerprint density at radius 3 is 2.50 bits per heavy atom. The summed E-state index contributed by atoms with van der Waals surface area (Å²) in [6.07, 6.45) is 1.98. The molecule has 1 atom stereocenters. The van der Waals surface area contributed by atoms with E-state index in [1.54, 1.807) is 6.07 Å². The molecule has 0 aromatic heterocycles. The summed E-state index contributed by atoms with van der Waals surface area (Å²) in [5.41, 5.74) is 0.771. The SMILES string of the molecule is COc1cccc([C@@H](C2CCOCC2)N2CCNCC2)c1F.Cl.Cl. The van der Waals surface area contributed by atoms with Gasteiger partial charge < -0.3 is 14.8 Å². The second kappa shape index (κ2) is 10.4. The lowest BCUT2D eigenvalue weighted by Crippen LogP contribution is -2.47. The summed E-state index contributed by atoms with van der Waals surface area (Å²) >= 11 is 0. The summed E-state index contributed by atoms with van der Waals surface area (Å²) in [4.78, 5) is 2.42. The summed E-state index contributed by atoms with van der Waals surface area (Å²) in [5.74, 6) is 0.568. The summed E-state index contributed by atoms with van der Waals surface area (Å²) in [7, 11) is 1.52. The molecule has 0 spiro atoms. The van der Waals surface area contributed by atoms with Gasteiger partial charge in [-0.2, -0.15) is 0 Å². The zero-order chi connectivity index (χ0) is 15.4. The highest BCUT2D eigenvalue weighted by molar-refractivity contribution is 5.85. The Morgan fingerprint density at radius 2 is 1.88 bits per heavy atom. The van der Waals surface area contributed by atoms with E-state index < -0.39 is 0 Å². The fourth-order valence-electron chi connectivity index (χ4n) is 3.65. The molecule has 2 saturated heterocycles. The maximum atomic E-state index is 14.8. The average Bonchev–Trinajstić information content (AvgIpc) is 2.59. The maximum Gasteiger partial charge on any atom is 0.169 e. The van der Waals surface area contributed by atoms with E-state index >= 15 is 0 Å². The van der Waals surface area contributed by atoms with Crippen LogP contribution in [-0.4, -0.2) is 51.4 Å². The molecule has 0 saturated carbocycles. The van der Waals surface area contributed by atoms with Gasteiger partial charge in [-0.3, -0.25) is 4.90 Å². The number of benzene rings is 1. The number of ether oxygens (including phenoxy) is 2. The van der Waals surface area contributed by atoms with Gasteiger partial charge in [0, 0.05) is 51.0 Å². The van der Waals surface area contributed by atoms with Crippen molar-refractivity contribution in [1.82, 2.24) is 10.2 Å². The molecule has 7 heteroatoms. The van der Waals surface area contributed by atoms with Crippen LogP contribution < -0.4 is 10.1 Å². The molecule has 2 heterocycles. The van der Waals surface area contributed by atoms with Crippen LogP contribution in [0.2, 0.25) is 0 Å². The number of piperazine rings is 1. The van der Waals surface area contributed by atoms with Crippen molar-refractivity contribution in [3.05, 3.63) is 29.6 Å². The summed E-state index contributed by atoms with van der Waals surface area (Å²) in [5, 5.41) is 3.38. The molecule has 138 valence electrons. The van der Waals surface area contributed by atoms with E-state index in [0.29, 0.717) is 11.7 Å². The first-order valence-electron chi connectivity index (χ1n) is 8.16. The Hall–Kier alpha value is -0.590. The largest absolute Gasteiger partial charge is 0.494 e. The van der Waals surface area contributed by atoms with E-state index in [9.17, 15) is 4.39 Å². The molecule has 1 N–H and O–H groups in total. The van der Waals surface area contributed by atoms with Gasteiger partial charge in [-0.05, 0) is 24.8 Å². The molecular formula is C17H27Cl2FN2O2. The van der Waals surface area contributed by atoms with Crippen LogP contribution in [0.5, 0.6) is 5.75 Å². The highest BCUT2D eigenvalue weighted by Gasteiger charge is 2.33. The molecule has 0 bridgehead atoms. The number of rotatable bonds is 4. The number of hydrogen-bond acceptors (Lipinski definition) is 4. The quantitative estimate of drug-likeness (QED) is 0.870. The van der Waals surface area contributed by atoms with Gasteiger partial charge in [-0.25, -0.2) is 4.39 Å². The van der Waals surface area contributed by atoms with E-state index in [-0.39, 0.29) is 36.7 Å². The second-order valence-corrected chi connectivity index (χ2v) is 6.04. The van der Waals surface area contributed by atoms with Gasteiger partial charge in [0.2, 0.25) is 0 Å². The minimum Gasteiger partial charge on any atom is -0.494 e. The lowest BCUT2D eigenvalue weighted by Gasteiger charge is -2.41. The maximum absolute atomic E-state index is 14.8. The lowest BCUT2D eigenvalue weighted by molar-refractivity contribution is 0.0202. The van der Waals surface area contributed by atoms with Crippen LogP contribution in [0.25, 0.3) is 0 Å². The molecule has 3 rings (SSSR count). The summed E-state index contributed by atoms with van der Waals surface area (Å²) < 4.78 is 25.5. The third kappa shape index (κ3) is 4.73. The van der Waals surface area contributed by atoms with Crippen molar-refractivity contribution in [1.29, 1.82) is 0 Å². The molecule has 0 radical (unpaired) electrons. The summed E-state index contributed by atoms with van der Waals surface area (Å²) in [6.45, 7) is 5.39. The zero-order valence-electron chi connectivity index (χ0n) is 14.0. The van der Waals surface area contributed by atoms with Crippen LogP contribution >= 0.6 is 24.8 Å². The van der Waals surface area contributed by atoms with Crippen molar-refractivity contribution in [2.75, 3.05) is 46.5 Å². The number of nitrogens with zero attached hydrogens (tertiary/aromatic N) is 1. The van der Waals surface area contributed by atoms with Gasteiger partial charge >= 0.3 is 0 Å². The van der Waals surface area contributed by atoms with Crippen molar-refractivity contribution in [3.8, 4) is 5.75 Å². The zero-order valence-corrected chi connectivity index (χ0v) is 15.6. The molecule has 2 aliphatic heterocycles. The highest BCUT2D eigenvalue weighted by Crippen LogP contribution is 2.38. The van der Waals surface area contributed by atoms with Crippen molar-refractivity contribution in [2.24, 2.45) is 5.92 Å². The third-order valence-corrected chi connectivity index (χ3v) is 4.79. The van der Waals surface area contributed by atoms with Crippen LogP contribution in [0.4, 0.5) is 4.39 Å². The highest BCUT2D eigenvalue weighted by atomic mass is 35.5.